The molecule has 1 unspecified atom stereocenters. The van der Waals surface area contributed by atoms with E-state index < -0.39 is 8.03 Å². The van der Waals surface area contributed by atoms with Crippen molar-refractivity contribution in [1.82, 2.24) is 0 Å². The van der Waals surface area contributed by atoms with Gasteiger partial charge in [0.2, 0.25) is 0 Å². The minimum absolute atomic E-state index is 0.561. The Labute approximate surface area is 63.1 Å². The number of rotatable bonds is 6. The van der Waals surface area contributed by atoms with E-state index in [-0.39, 0.29) is 0 Å². The van der Waals surface area contributed by atoms with E-state index in [2.05, 4.69) is 6.58 Å². The second-order valence-electron chi connectivity index (χ2n) is 1.99. The van der Waals surface area contributed by atoms with Gasteiger partial charge >= 0.3 is 0 Å². The zero-order valence-electron chi connectivity index (χ0n) is 6.43. The molecule has 0 radical (unpaired) electrons. The predicted molar refractivity (Wildman–Crippen MR) is 44.9 cm³/mol. The topological polar surface area (TPSA) is 26.3 Å². The van der Waals surface area contributed by atoms with Gasteiger partial charge in [-0.2, -0.15) is 0 Å². The lowest BCUT2D eigenvalue weighted by Crippen LogP contribution is -1.82. The lowest BCUT2D eigenvalue weighted by molar-refractivity contribution is 0.350. The standard InChI is InChI=1S/C7H15O2P/c1-3-5-6-7-10(8)9-4-2/h3,10H,1,4-7H2,2H3. The molecule has 1 atom stereocenters. The van der Waals surface area contributed by atoms with Crippen molar-refractivity contribution in [2.24, 2.45) is 0 Å². The van der Waals surface area contributed by atoms with Crippen molar-refractivity contribution in [1.29, 1.82) is 0 Å². The average molecular weight is 162 g/mol. The van der Waals surface area contributed by atoms with Crippen molar-refractivity contribution in [3.8, 4) is 0 Å². The summed E-state index contributed by atoms with van der Waals surface area (Å²) < 4.78 is 15.7. The molecule has 0 amide bonds. The quantitative estimate of drug-likeness (QED) is 0.340. The molecule has 0 spiro atoms. The minimum atomic E-state index is -1.71. The summed E-state index contributed by atoms with van der Waals surface area (Å²) in [5, 5.41) is 0. The Bertz CT molecular complexity index is 112. The average Bonchev–Trinajstić information content (AvgIpc) is 1.89. The fourth-order valence-electron chi connectivity index (χ4n) is 0.624. The Morgan fingerprint density at radius 1 is 1.70 bits per heavy atom. The van der Waals surface area contributed by atoms with Crippen LogP contribution in [0, 0.1) is 0 Å². The van der Waals surface area contributed by atoms with Crippen molar-refractivity contribution < 1.29 is 9.09 Å². The number of unbranched alkanes of at least 4 members (excludes halogenated alkanes) is 1. The van der Waals surface area contributed by atoms with Crippen molar-refractivity contribution in [2.45, 2.75) is 19.8 Å². The Morgan fingerprint density at radius 2 is 2.40 bits per heavy atom. The van der Waals surface area contributed by atoms with Crippen LogP contribution in [0.1, 0.15) is 19.8 Å². The van der Waals surface area contributed by atoms with Crippen LogP contribution in [0.3, 0.4) is 0 Å². The molecule has 0 aromatic rings. The Balaban J connectivity index is 3.13. The number of hydrogen-bond donors (Lipinski definition) is 0. The van der Waals surface area contributed by atoms with Crippen molar-refractivity contribution >= 4 is 8.03 Å². The highest BCUT2D eigenvalue weighted by Gasteiger charge is 1.95. The molecule has 0 bridgehead atoms. The first kappa shape index (κ1) is 9.93. The molecular formula is C7H15O2P. The molecule has 60 valence electrons. The van der Waals surface area contributed by atoms with E-state index >= 15 is 0 Å². The largest absolute Gasteiger partial charge is 0.331 e. The third-order valence-electron chi connectivity index (χ3n) is 1.09. The summed E-state index contributed by atoms with van der Waals surface area (Å²) in [5.41, 5.74) is 0. The SMILES string of the molecule is C=CCCC[PH](=O)OCC. The predicted octanol–water partition coefficient (Wildman–Crippen LogP) is 2.46. The van der Waals surface area contributed by atoms with E-state index in [4.69, 9.17) is 4.52 Å². The van der Waals surface area contributed by atoms with Crippen LogP contribution >= 0.6 is 8.03 Å². The third-order valence-corrected chi connectivity index (χ3v) is 2.47. The van der Waals surface area contributed by atoms with Gasteiger partial charge < -0.3 is 4.52 Å². The highest BCUT2D eigenvalue weighted by atomic mass is 31.1. The van der Waals surface area contributed by atoms with Crippen LogP contribution in [0.5, 0.6) is 0 Å². The molecule has 0 heterocycles. The molecule has 0 fully saturated rings. The van der Waals surface area contributed by atoms with Gasteiger partial charge in [0, 0.05) is 6.16 Å². The summed E-state index contributed by atoms with van der Waals surface area (Å²) in [6.45, 7) is 5.99. The normalized spacial score (nSPS) is 12.9. The van der Waals surface area contributed by atoms with Crippen molar-refractivity contribution in [2.75, 3.05) is 12.8 Å². The molecule has 0 aromatic carbocycles. The van der Waals surface area contributed by atoms with E-state index in [1.54, 1.807) is 0 Å². The molecule has 0 N–H and O–H groups in total. The second-order valence-corrected chi connectivity index (χ2v) is 3.52. The summed E-state index contributed by atoms with van der Waals surface area (Å²) in [6.07, 6.45) is 4.40. The summed E-state index contributed by atoms with van der Waals surface area (Å²) in [4.78, 5) is 0. The van der Waals surface area contributed by atoms with E-state index in [9.17, 15) is 4.57 Å². The molecule has 10 heavy (non-hydrogen) atoms. The summed E-state index contributed by atoms with van der Waals surface area (Å²) in [5.74, 6) is 0. The fraction of sp³-hybridized carbons (Fsp3) is 0.714. The second kappa shape index (κ2) is 7.04. The van der Waals surface area contributed by atoms with Crippen LogP contribution in [-0.4, -0.2) is 12.8 Å². The summed E-state index contributed by atoms with van der Waals surface area (Å²) >= 11 is 0. The first-order chi connectivity index (χ1) is 4.81. The van der Waals surface area contributed by atoms with Crippen LogP contribution in [-0.2, 0) is 9.09 Å². The van der Waals surface area contributed by atoms with Gasteiger partial charge in [-0.05, 0) is 19.8 Å². The molecule has 0 aromatic heterocycles. The van der Waals surface area contributed by atoms with Crippen molar-refractivity contribution in [3.05, 3.63) is 12.7 Å². The monoisotopic (exact) mass is 162 g/mol. The molecular weight excluding hydrogens is 147 g/mol. The highest BCUT2D eigenvalue weighted by Crippen LogP contribution is 2.22. The number of hydrogen-bond acceptors (Lipinski definition) is 2. The van der Waals surface area contributed by atoms with Crippen LogP contribution in [0.25, 0.3) is 0 Å². The van der Waals surface area contributed by atoms with Crippen LogP contribution < -0.4 is 0 Å². The smallest absolute Gasteiger partial charge is 0.191 e. The maximum absolute atomic E-state index is 10.8. The van der Waals surface area contributed by atoms with E-state index in [0.29, 0.717) is 12.8 Å². The Kier molecular flexibility index (Phi) is 6.99. The molecule has 0 rings (SSSR count). The maximum Gasteiger partial charge on any atom is 0.191 e. The van der Waals surface area contributed by atoms with Gasteiger partial charge in [0.25, 0.3) is 0 Å². The number of allylic oxidation sites excluding steroid dienone is 1. The molecule has 0 saturated carbocycles. The van der Waals surface area contributed by atoms with Crippen LogP contribution in [0.4, 0.5) is 0 Å². The highest BCUT2D eigenvalue weighted by molar-refractivity contribution is 7.39. The van der Waals surface area contributed by atoms with Gasteiger partial charge in [-0.15, -0.1) is 6.58 Å². The molecule has 0 aliphatic carbocycles. The zero-order valence-corrected chi connectivity index (χ0v) is 7.43. The minimum Gasteiger partial charge on any atom is -0.331 e. The third kappa shape index (κ3) is 6.06. The molecule has 2 nitrogen and oxygen atoms in total. The molecule has 3 heteroatoms. The van der Waals surface area contributed by atoms with E-state index in [1.165, 1.54) is 0 Å². The molecule has 0 saturated heterocycles. The van der Waals surface area contributed by atoms with Gasteiger partial charge in [-0.1, -0.05) is 6.08 Å². The van der Waals surface area contributed by atoms with Gasteiger partial charge in [-0.25, -0.2) is 0 Å². The molecule has 0 aliphatic heterocycles. The first-order valence-corrected chi connectivity index (χ1v) is 5.10. The lowest BCUT2D eigenvalue weighted by atomic mass is 10.3. The Hall–Kier alpha value is -0.0700. The van der Waals surface area contributed by atoms with Gasteiger partial charge in [-0.3, -0.25) is 4.57 Å². The van der Waals surface area contributed by atoms with Gasteiger partial charge in [0.15, 0.2) is 8.03 Å². The van der Waals surface area contributed by atoms with E-state index in [1.807, 2.05) is 13.0 Å². The zero-order chi connectivity index (χ0) is 7.82. The maximum atomic E-state index is 10.8. The van der Waals surface area contributed by atoms with Gasteiger partial charge in [0.05, 0.1) is 6.61 Å². The fourth-order valence-corrected chi connectivity index (χ4v) is 1.58. The molecule has 0 aliphatic rings. The van der Waals surface area contributed by atoms with E-state index in [0.717, 1.165) is 12.8 Å². The first-order valence-electron chi connectivity index (χ1n) is 3.57. The van der Waals surface area contributed by atoms with Crippen LogP contribution in [0.15, 0.2) is 12.7 Å². The Morgan fingerprint density at radius 3 is 2.90 bits per heavy atom. The summed E-state index contributed by atoms with van der Waals surface area (Å²) in [6, 6.07) is 0. The summed E-state index contributed by atoms with van der Waals surface area (Å²) in [7, 11) is -1.71. The lowest BCUT2D eigenvalue weighted by Gasteiger charge is -1.98. The van der Waals surface area contributed by atoms with Crippen LogP contribution in [0.2, 0.25) is 0 Å². The van der Waals surface area contributed by atoms with Crippen molar-refractivity contribution in [3.63, 3.8) is 0 Å². The van der Waals surface area contributed by atoms with Gasteiger partial charge in [0.1, 0.15) is 0 Å².